The first kappa shape index (κ1) is 24.1. The maximum Gasteiger partial charge on any atom is 0.244 e. The Morgan fingerprint density at radius 2 is 1.83 bits per heavy atom. The number of amides is 1. The number of benzene rings is 3. The molecule has 0 spiro atoms. The van der Waals surface area contributed by atoms with Crippen LogP contribution in [0.15, 0.2) is 71.4 Å². The summed E-state index contributed by atoms with van der Waals surface area (Å²) >= 11 is 0. The second kappa shape index (κ2) is 10.5. The molecule has 35 heavy (non-hydrogen) atoms. The van der Waals surface area contributed by atoms with Crippen molar-refractivity contribution < 1.29 is 23.1 Å². The normalized spacial score (nSPS) is 11.5. The Morgan fingerprint density at radius 3 is 2.49 bits per heavy atom. The molecule has 6 heteroatoms. The summed E-state index contributed by atoms with van der Waals surface area (Å²) in [5.41, 5.74) is 5.79. The Labute approximate surface area is 204 Å². The number of hydrogen-bond donors (Lipinski definition) is 1. The SMILES string of the molecule is CCOc1c(/C(C)=C/C(=O)NCc2ccc(OC)cc2)cc2c(-c3ccc(F)cc3)coc2c1C. The van der Waals surface area contributed by atoms with Crippen molar-refractivity contribution in [2.75, 3.05) is 13.7 Å². The van der Waals surface area contributed by atoms with Gasteiger partial charge in [-0.3, -0.25) is 4.79 Å². The summed E-state index contributed by atoms with van der Waals surface area (Å²) < 4.78 is 30.5. The summed E-state index contributed by atoms with van der Waals surface area (Å²) in [5, 5.41) is 3.80. The third-order valence-corrected chi connectivity index (χ3v) is 5.89. The fourth-order valence-electron chi connectivity index (χ4n) is 4.05. The van der Waals surface area contributed by atoms with E-state index in [2.05, 4.69) is 5.32 Å². The lowest BCUT2D eigenvalue weighted by molar-refractivity contribution is -0.116. The number of carbonyl (C=O) groups excluding carboxylic acids is 1. The van der Waals surface area contributed by atoms with Crippen molar-refractivity contribution >= 4 is 22.4 Å². The van der Waals surface area contributed by atoms with Crippen molar-refractivity contribution in [3.8, 4) is 22.6 Å². The highest BCUT2D eigenvalue weighted by molar-refractivity contribution is 6.01. The van der Waals surface area contributed by atoms with E-state index >= 15 is 0 Å². The highest BCUT2D eigenvalue weighted by Crippen LogP contribution is 2.40. The summed E-state index contributed by atoms with van der Waals surface area (Å²) in [6.07, 6.45) is 3.25. The molecule has 0 aliphatic heterocycles. The molecule has 180 valence electrons. The van der Waals surface area contributed by atoms with Gasteiger partial charge in [-0.1, -0.05) is 24.3 Å². The number of rotatable bonds is 8. The number of carbonyl (C=O) groups is 1. The van der Waals surface area contributed by atoms with Crippen LogP contribution in [0.2, 0.25) is 0 Å². The number of fused-ring (bicyclic) bond motifs is 1. The highest BCUT2D eigenvalue weighted by Gasteiger charge is 2.19. The minimum atomic E-state index is -0.295. The maximum atomic E-state index is 13.4. The molecule has 4 rings (SSSR count). The Balaban J connectivity index is 1.66. The first-order valence-electron chi connectivity index (χ1n) is 11.4. The van der Waals surface area contributed by atoms with Gasteiger partial charge in [-0.2, -0.15) is 0 Å². The number of methoxy groups -OCH3 is 1. The third-order valence-electron chi connectivity index (χ3n) is 5.89. The second-order valence-electron chi connectivity index (χ2n) is 8.24. The van der Waals surface area contributed by atoms with Gasteiger partial charge in [0.2, 0.25) is 5.91 Å². The molecule has 0 aliphatic rings. The van der Waals surface area contributed by atoms with Crippen LogP contribution >= 0.6 is 0 Å². The Kier molecular flexibility index (Phi) is 7.20. The van der Waals surface area contributed by atoms with Gasteiger partial charge in [0.25, 0.3) is 0 Å². The number of halogens is 1. The lowest BCUT2D eigenvalue weighted by Crippen LogP contribution is -2.20. The van der Waals surface area contributed by atoms with Crippen molar-refractivity contribution in [3.63, 3.8) is 0 Å². The van der Waals surface area contributed by atoms with Crippen molar-refractivity contribution in [2.24, 2.45) is 0 Å². The number of nitrogens with one attached hydrogen (secondary N) is 1. The van der Waals surface area contributed by atoms with Crippen LogP contribution in [-0.2, 0) is 11.3 Å². The third kappa shape index (κ3) is 5.22. The van der Waals surface area contributed by atoms with Crippen LogP contribution in [-0.4, -0.2) is 19.6 Å². The Bertz CT molecular complexity index is 1370. The lowest BCUT2D eigenvalue weighted by Gasteiger charge is -2.15. The molecule has 0 bridgehead atoms. The van der Waals surface area contributed by atoms with Crippen LogP contribution in [0.3, 0.4) is 0 Å². The fraction of sp³-hybridized carbons (Fsp3) is 0.207. The zero-order chi connectivity index (χ0) is 24.9. The minimum Gasteiger partial charge on any atom is -0.497 e. The van der Waals surface area contributed by atoms with E-state index in [-0.39, 0.29) is 11.7 Å². The van der Waals surface area contributed by atoms with Crippen LogP contribution in [0.5, 0.6) is 11.5 Å². The number of hydrogen-bond acceptors (Lipinski definition) is 4. The zero-order valence-electron chi connectivity index (χ0n) is 20.3. The first-order valence-corrected chi connectivity index (χ1v) is 11.4. The number of allylic oxidation sites excluding steroid dienone is 1. The Morgan fingerprint density at radius 1 is 1.11 bits per heavy atom. The van der Waals surface area contributed by atoms with Gasteiger partial charge in [0.15, 0.2) is 0 Å². The van der Waals surface area contributed by atoms with Crippen molar-refractivity contribution in [3.05, 3.63) is 89.4 Å². The molecular weight excluding hydrogens is 445 g/mol. The van der Waals surface area contributed by atoms with E-state index < -0.39 is 0 Å². The van der Waals surface area contributed by atoms with Crippen molar-refractivity contribution in [1.82, 2.24) is 5.32 Å². The topological polar surface area (TPSA) is 60.7 Å². The summed E-state index contributed by atoms with van der Waals surface area (Å²) in [5.74, 6) is 0.946. The van der Waals surface area contributed by atoms with Crippen LogP contribution < -0.4 is 14.8 Å². The lowest BCUT2D eigenvalue weighted by atomic mass is 9.96. The quantitative estimate of drug-likeness (QED) is 0.290. The van der Waals surface area contributed by atoms with Crippen LogP contribution in [0.4, 0.5) is 4.39 Å². The summed E-state index contributed by atoms with van der Waals surface area (Å²) in [7, 11) is 1.62. The van der Waals surface area contributed by atoms with E-state index in [9.17, 15) is 9.18 Å². The number of ether oxygens (including phenoxy) is 2. The van der Waals surface area contributed by atoms with E-state index in [0.717, 1.165) is 44.5 Å². The number of furan rings is 1. The maximum absolute atomic E-state index is 13.4. The molecule has 0 saturated heterocycles. The summed E-state index contributed by atoms with van der Waals surface area (Å²) in [6.45, 7) is 6.61. The fourth-order valence-corrected chi connectivity index (χ4v) is 4.05. The van der Waals surface area contributed by atoms with Gasteiger partial charge in [-0.15, -0.1) is 0 Å². The molecule has 0 unspecified atom stereocenters. The monoisotopic (exact) mass is 473 g/mol. The van der Waals surface area contributed by atoms with Crippen LogP contribution in [0.1, 0.15) is 30.5 Å². The first-order chi connectivity index (χ1) is 16.9. The van der Waals surface area contributed by atoms with Gasteiger partial charge in [-0.25, -0.2) is 4.39 Å². The summed E-state index contributed by atoms with van der Waals surface area (Å²) in [6, 6.07) is 15.8. The average molecular weight is 474 g/mol. The van der Waals surface area contributed by atoms with E-state index in [1.807, 2.05) is 51.1 Å². The smallest absolute Gasteiger partial charge is 0.244 e. The molecule has 1 amide bonds. The largest absolute Gasteiger partial charge is 0.497 e. The standard InChI is InChI=1S/C29H28FNO4/c1-5-34-28-19(3)29-25(26(17-35-29)21-8-10-22(30)11-9-21)15-24(28)18(2)14-27(32)31-16-20-6-12-23(33-4)13-7-20/h6-15,17H,5,16H2,1-4H3,(H,31,32)/b18-14+. The van der Waals surface area contributed by atoms with E-state index in [0.29, 0.717) is 24.5 Å². The molecule has 1 heterocycles. The average Bonchev–Trinajstić information content (AvgIpc) is 3.29. The van der Waals surface area contributed by atoms with Gasteiger partial charge in [0, 0.05) is 34.7 Å². The molecule has 0 saturated carbocycles. The zero-order valence-corrected chi connectivity index (χ0v) is 20.3. The predicted molar refractivity (Wildman–Crippen MR) is 136 cm³/mol. The minimum absolute atomic E-state index is 0.204. The second-order valence-corrected chi connectivity index (χ2v) is 8.24. The molecule has 3 aromatic carbocycles. The van der Waals surface area contributed by atoms with Crippen molar-refractivity contribution in [1.29, 1.82) is 0 Å². The van der Waals surface area contributed by atoms with Crippen LogP contribution in [0.25, 0.3) is 27.7 Å². The number of aryl methyl sites for hydroxylation is 1. The predicted octanol–water partition coefficient (Wildman–Crippen LogP) is 6.67. The molecular formula is C29H28FNO4. The molecule has 0 fully saturated rings. The van der Waals surface area contributed by atoms with Crippen molar-refractivity contribution in [2.45, 2.75) is 27.3 Å². The van der Waals surface area contributed by atoms with Gasteiger partial charge >= 0.3 is 0 Å². The van der Waals surface area contributed by atoms with E-state index in [1.165, 1.54) is 12.1 Å². The molecule has 0 aliphatic carbocycles. The Hall–Kier alpha value is -4.06. The molecule has 4 aromatic rings. The molecule has 0 radical (unpaired) electrons. The molecule has 1 N–H and O–H groups in total. The highest BCUT2D eigenvalue weighted by atomic mass is 19.1. The molecule has 1 aromatic heterocycles. The van der Waals surface area contributed by atoms with E-state index in [1.54, 1.807) is 31.6 Å². The van der Waals surface area contributed by atoms with Gasteiger partial charge < -0.3 is 19.2 Å². The van der Waals surface area contributed by atoms with Gasteiger partial charge in [-0.05, 0) is 67.8 Å². The van der Waals surface area contributed by atoms with Gasteiger partial charge in [0.05, 0.1) is 20.0 Å². The van der Waals surface area contributed by atoms with Gasteiger partial charge in [0.1, 0.15) is 22.9 Å². The van der Waals surface area contributed by atoms with E-state index in [4.69, 9.17) is 13.9 Å². The summed E-state index contributed by atoms with van der Waals surface area (Å²) in [4.78, 5) is 12.7. The molecule has 0 atom stereocenters. The molecule has 5 nitrogen and oxygen atoms in total. The van der Waals surface area contributed by atoms with Crippen LogP contribution in [0, 0.1) is 12.7 Å².